The van der Waals surface area contributed by atoms with Crippen molar-refractivity contribution in [2.75, 3.05) is 0 Å². The second-order valence-electron chi connectivity index (χ2n) is 2.12. The van der Waals surface area contributed by atoms with Gasteiger partial charge in [-0.05, 0) is 67.6 Å². The summed E-state index contributed by atoms with van der Waals surface area (Å²) in [6.45, 7) is 0. The lowest BCUT2D eigenvalue weighted by Gasteiger charge is -2.07. The minimum absolute atomic E-state index is 0.167. The summed E-state index contributed by atoms with van der Waals surface area (Å²) in [7, 11) is 4.18. The van der Waals surface area contributed by atoms with Gasteiger partial charge in [-0.3, -0.25) is 0 Å². The maximum absolute atomic E-state index is 11.2. The van der Waals surface area contributed by atoms with Crippen LogP contribution < -0.4 is 22.4 Å². The van der Waals surface area contributed by atoms with Crippen LogP contribution in [0.5, 0.6) is 0 Å². The molecule has 0 heterocycles. The van der Waals surface area contributed by atoms with E-state index in [-0.39, 0.29) is 17.3 Å². The van der Waals surface area contributed by atoms with Gasteiger partial charge in [-0.2, -0.15) is 4.21 Å². The summed E-state index contributed by atoms with van der Waals surface area (Å²) in [5.74, 6) is 0. The lowest BCUT2D eigenvalue weighted by atomic mass is 11.5. The molecule has 0 radical (unpaired) electrons. The molecule has 0 atom stereocenters. The molecule has 0 saturated carbocycles. The molecule has 0 bridgehead atoms. The molecule has 0 aromatic rings. The first kappa shape index (κ1) is 21.0. The van der Waals surface area contributed by atoms with E-state index in [0.717, 1.165) is 43.2 Å². The van der Waals surface area contributed by atoms with Gasteiger partial charge in [0.05, 0.1) is 0 Å². The fraction of sp³-hybridized carbons (Fsp3) is 0. The lowest BCUT2D eigenvalue weighted by Crippen LogP contribution is -2.26. The van der Waals surface area contributed by atoms with Crippen molar-refractivity contribution in [1.82, 2.24) is 11.0 Å². The Labute approximate surface area is 154 Å². The van der Waals surface area contributed by atoms with Crippen LogP contribution in [0, 0.1) is 0 Å². The zero-order valence-electron chi connectivity index (χ0n) is 9.05. The van der Waals surface area contributed by atoms with Gasteiger partial charge in [-0.15, -0.1) is 8.57 Å². The van der Waals surface area contributed by atoms with Gasteiger partial charge in [0.15, 0.2) is 8.64 Å². The van der Waals surface area contributed by atoms with Crippen LogP contribution in [0.25, 0.3) is 0 Å². The highest BCUT2D eigenvalue weighted by molar-refractivity contribution is 8.90. The van der Waals surface area contributed by atoms with E-state index in [1.807, 2.05) is 0 Å². The summed E-state index contributed by atoms with van der Waals surface area (Å²) in [6, 6.07) is 0. The van der Waals surface area contributed by atoms with Gasteiger partial charge in [0.2, 0.25) is 0 Å². The standard InChI is InChI=1S/C4H6N4O3S9/c5-1(12)16-18-3(14)7-10-20(9)11-8-4(15)19-17-2(6)13/h(H2,5,12)(H2,6,13)(H,7,14)(H,8,15). The highest BCUT2D eigenvalue weighted by atomic mass is 33.1. The Hall–Kier alpha value is 1.03. The predicted molar refractivity (Wildman–Crippen MR) is 106 cm³/mol. The van der Waals surface area contributed by atoms with E-state index in [2.05, 4.69) is 44.0 Å². The van der Waals surface area contributed by atoms with E-state index in [4.69, 9.17) is 35.9 Å². The Morgan fingerprint density at radius 1 is 0.850 bits per heavy atom. The Kier molecular flexibility index (Phi) is 13.2. The second kappa shape index (κ2) is 12.6. The molecule has 0 rings (SSSR count). The summed E-state index contributed by atoms with van der Waals surface area (Å²) in [5.41, 5.74) is 14.9. The maximum atomic E-state index is 11.2. The molecule has 0 spiro atoms. The van der Waals surface area contributed by atoms with E-state index in [1.54, 1.807) is 0 Å². The summed E-state index contributed by atoms with van der Waals surface area (Å²) in [4.78, 5) is 0. The fourth-order valence-corrected chi connectivity index (χ4v) is 3.82. The van der Waals surface area contributed by atoms with Crippen LogP contribution in [0.15, 0.2) is 0 Å². The quantitative estimate of drug-likeness (QED) is 0.283. The first-order valence-electron chi connectivity index (χ1n) is 3.95. The zero-order chi connectivity index (χ0) is 15.5. The first-order chi connectivity index (χ1) is 9.31. The molecule has 0 aromatic heterocycles. The number of hydrogen-bond acceptors (Lipinski definition) is 11. The van der Waals surface area contributed by atoms with Crippen molar-refractivity contribution in [3.8, 4) is 0 Å². The van der Waals surface area contributed by atoms with Crippen LogP contribution in [0.2, 0.25) is 0 Å². The topological polar surface area (TPSA) is 112 Å². The Balaban J connectivity index is 3.73. The molecule has 16 heteroatoms. The van der Waals surface area contributed by atoms with Crippen LogP contribution in [-0.2, 0) is 19.9 Å². The number of hydroxylamine groups is 2. The van der Waals surface area contributed by atoms with Crippen LogP contribution in [0.1, 0.15) is 0 Å². The smallest absolute Gasteiger partial charge is 0.350 e. The van der Waals surface area contributed by atoms with Crippen molar-refractivity contribution >= 4 is 121 Å². The molecule has 0 aromatic carbocycles. The monoisotopic (exact) mass is 446 g/mol. The van der Waals surface area contributed by atoms with Crippen LogP contribution in [0.4, 0.5) is 0 Å². The van der Waals surface area contributed by atoms with Crippen molar-refractivity contribution in [3.63, 3.8) is 0 Å². The van der Waals surface area contributed by atoms with Gasteiger partial charge < -0.3 is 11.5 Å². The van der Waals surface area contributed by atoms with E-state index in [9.17, 15) is 4.21 Å². The molecule has 7 nitrogen and oxygen atoms in total. The summed E-state index contributed by atoms with van der Waals surface area (Å²) < 4.78 is 21.1. The van der Waals surface area contributed by atoms with Crippen molar-refractivity contribution in [2.24, 2.45) is 11.5 Å². The maximum Gasteiger partial charge on any atom is 0.350 e. The molecule has 114 valence electrons. The van der Waals surface area contributed by atoms with Crippen LogP contribution in [0.3, 0.4) is 0 Å². The second-order valence-corrected chi connectivity index (χ2v) is 9.96. The summed E-state index contributed by atoms with van der Waals surface area (Å²) in [6.07, 6.45) is 0. The van der Waals surface area contributed by atoms with Crippen molar-refractivity contribution in [2.45, 2.75) is 0 Å². The third-order valence-electron chi connectivity index (χ3n) is 0.785. The van der Waals surface area contributed by atoms with Gasteiger partial charge in [0.25, 0.3) is 0 Å². The summed E-state index contributed by atoms with van der Waals surface area (Å²) >= 11 is 16.7. The SMILES string of the molecule is NC(=S)SSC(=S)NOS(=O)ONC(=S)SSC(N)=S. The van der Waals surface area contributed by atoms with E-state index in [0.29, 0.717) is 0 Å². The lowest BCUT2D eigenvalue weighted by molar-refractivity contribution is 0.199. The van der Waals surface area contributed by atoms with Gasteiger partial charge in [0.1, 0.15) is 8.64 Å². The minimum Gasteiger partial charge on any atom is -0.384 e. The number of rotatable bonds is 4. The highest BCUT2D eigenvalue weighted by Gasteiger charge is 2.07. The summed E-state index contributed by atoms with van der Waals surface area (Å²) in [5, 5.41) is 0. The molecule has 0 aliphatic carbocycles. The van der Waals surface area contributed by atoms with Crippen molar-refractivity contribution in [3.05, 3.63) is 0 Å². The molecule has 0 saturated heterocycles. The molecule has 0 amide bonds. The number of thiocarbonyl (C=S) groups is 4. The molecule has 6 N–H and O–H groups in total. The molecule has 0 unspecified atom stereocenters. The predicted octanol–water partition coefficient (Wildman–Crippen LogP) is 1.43. The Bertz CT molecular complexity index is 380. The third-order valence-corrected chi connectivity index (χ3v) is 7.20. The number of nitrogens with two attached hydrogens (primary N) is 2. The molecular weight excluding hydrogens is 441 g/mol. The largest absolute Gasteiger partial charge is 0.384 e. The number of nitrogens with one attached hydrogen (secondary N) is 2. The normalized spacial score (nSPS) is 10.1. The average Bonchev–Trinajstić information content (AvgIpc) is 2.37. The van der Waals surface area contributed by atoms with Crippen LogP contribution >= 0.6 is 92.0 Å². The molecule has 20 heavy (non-hydrogen) atoms. The van der Waals surface area contributed by atoms with Crippen LogP contribution in [-0.4, -0.2) is 21.5 Å². The van der Waals surface area contributed by atoms with E-state index < -0.39 is 11.4 Å². The zero-order valence-corrected chi connectivity index (χ0v) is 16.4. The average molecular weight is 447 g/mol. The van der Waals surface area contributed by atoms with Gasteiger partial charge >= 0.3 is 11.4 Å². The minimum atomic E-state index is -2.16. The highest BCUT2D eigenvalue weighted by Crippen LogP contribution is 2.22. The van der Waals surface area contributed by atoms with Crippen molar-refractivity contribution < 1.29 is 12.8 Å². The fourth-order valence-electron chi connectivity index (χ4n) is 0.345. The molecule has 0 aliphatic rings. The molecule has 0 fully saturated rings. The molecular formula is C4H6N4O3S9. The van der Waals surface area contributed by atoms with Gasteiger partial charge in [-0.1, -0.05) is 24.4 Å². The van der Waals surface area contributed by atoms with Gasteiger partial charge in [0, 0.05) is 0 Å². The number of hydrogen-bond donors (Lipinski definition) is 4. The first-order valence-corrected chi connectivity index (χ1v) is 10.9. The molecule has 0 aliphatic heterocycles. The van der Waals surface area contributed by atoms with Crippen molar-refractivity contribution in [1.29, 1.82) is 0 Å². The third kappa shape index (κ3) is 14.0. The van der Waals surface area contributed by atoms with E-state index in [1.165, 1.54) is 0 Å². The van der Waals surface area contributed by atoms with E-state index >= 15 is 0 Å². The Morgan fingerprint density at radius 2 is 1.20 bits per heavy atom. The van der Waals surface area contributed by atoms with Gasteiger partial charge in [-0.25, -0.2) is 11.0 Å². The Morgan fingerprint density at radius 3 is 1.50 bits per heavy atom.